The van der Waals surface area contributed by atoms with Crippen molar-refractivity contribution in [2.24, 2.45) is 11.1 Å². The van der Waals surface area contributed by atoms with Crippen LogP contribution in [0.1, 0.15) is 46.5 Å². The van der Waals surface area contributed by atoms with Gasteiger partial charge in [-0.1, -0.05) is 13.8 Å². The van der Waals surface area contributed by atoms with Gasteiger partial charge in [0, 0.05) is 6.04 Å². The van der Waals surface area contributed by atoms with Gasteiger partial charge >= 0.3 is 0 Å². The molecule has 0 radical (unpaired) electrons. The Kier molecular flexibility index (Phi) is 3.53. The fraction of sp³-hybridized carbons (Fsp3) is 0.909. The lowest BCUT2D eigenvalue weighted by atomic mass is 9.75. The average molecular weight is 198 g/mol. The molecule has 0 aromatic rings. The Morgan fingerprint density at radius 1 is 1.43 bits per heavy atom. The Balaban J connectivity index is 2.33. The van der Waals surface area contributed by atoms with Gasteiger partial charge in [-0.05, 0) is 38.0 Å². The van der Waals surface area contributed by atoms with E-state index in [0.29, 0.717) is 11.5 Å². The van der Waals surface area contributed by atoms with Gasteiger partial charge in [0.25, 0.3) is 0 Å². The summed E-state index contributed by atoms with van der Waals surface area (Å²) < 4.78 is 0. The lowest BCUT2D eigenvalue weighted by Crippen LogP contribution is -2.45. The second kappa shape index (κ2) is 4.30. The summed E-state index contributed by atoms with van der Waals surface area (Å²) in [6.45, 7) is 6.30. The molecule has 1 fully saturated rings. The van der Waals surface area contributed by atoms with Gasteiger partial charge in [-0.2, -0.15) is 0 Å². The number of carbonyl (C=O) groups excluding carboxylic acids is 1. The zero-order valence-electron chi connectivity index (χ0n) is 9.47. The fourth-order valence-corrected chi connectivity index (χ4v) is 1.88. The van der Waals surface area contributed by atoms with Gasteiger partial charge in [-0.3, -0.25) is 4.79 Å². The number of carbonyl (C=O) groups is 1. The van der Waals surface area contributed by atoms with Crippen molar-refractivity contribution in [2.75, 3.05) is 0 Å². The van der Waals surface area contributed by atoms with Gasteiger partial charge in [0.15, 0.2) is 0 Å². The van der Waals surface area contributed by atoms with E-state index in [4.69, 9.17) is 5.73 Å². The van der Waals surface area contributed by atoms with Crippen molar-refractivity contribution in [1.82, 2.24) is 5.32 Å². The molecule has 14 heavy (non-hydrogen) atoms. The molecule has 3 heteroatoms. The maximum Gasteiger partial charge on any atom is 0.236 e. The SMILES string of the molecule is C[C@@H](N)C(=O)NC1CCC(C)(C)CC1. The number of nitrogens with one attached hydrogen (secondary N) is 1. The molecule has 0 aliphatic heterocycles. The highest BCUT2D eigenvalue weighted by molar-refractivity contribution is 5.81. The van der Waals surface area contributed by atoms with E-state index < -0.39 is 0 Å². The van der Waals surface area contributed by atoms with E-state index >= 15 is 0 Å². The lowest BCUT2D eigenvalue weighted by molar-refractivity contribution is -0.123. The maximum atomic E-state index is 11.3. The van der Waals surface area contributed by atoms with Crippen molar-refractivity contribution >= 4 is 5.91 Å². The zero-order chi connectivity index (χ0) is 10.8. The summed E-state index contributed by atoms with van der Waals surface area (Å²) in [5.74, 6) is -0.0188. The Hall–Kier alpha value is -0.570. The molecule has 1 amide bonds. The van der Waals surface area contributed by atoms with Gasteiger partial charge < -0.3 is 11.1 Å². The third kappa shape index (κ3) is 3.29. The summed E-state index contributed by atoms with van der Waals surface area (Å²) in [6.07, 6.45) is 4.56. The first-order valence-corrected chi connectivity index (χ1v) is 5.47. The molecule has 1 saturated carbocycles. The molecule has 0 bridgehead atoms. The minimum absolute atomic E-state index is 0.0188. The third-order valence-electron chi connectivity index (χ3n) is 3.10. The lowest BCUT2D eigenvalue weighted by Gasteiger charge is -2.34. The minimum atomic E-state index is -0.384. The van der Waals surface area contributed by atoms with Crippen LogP contribution in [0.3, 0.4) is 0 Å². The van der Waals surface area contributed by atoms with E-state index in [1.165, 1.54) is 12.8 Å². The van der Waals surface area contributed by atoms with Gasteiger partial charge in [-0.15, -0.1) is 0 Å². The van der Waals surface area contributed by atoms with E-state index in [9.17, 15) is 4.79 Å². The normalized spacial score (nSPS) is 24.3. The van der Waals surface area contributed by atoms with Crippen LogP contribution in [-0.4, -0.2) is 18.0 Å². The van der Waals surface area contributed by atoms with Crippen molar-refractivity contribution in [3.05, 3.63) is 0 Å². The highest BCUT2D eigenvalue weighted by Gasteiger charge is 2.27. The molecule has 0 unspecified atom stereocenters. The molecule has 3 nitrogen and oxygen atoms in total. The number of nitrogens with two attached hydrogens (primary N) is 1. The molecule has 1 aliphatic carbocycles. The largest absolute Gasteiger partial charge is 0.352 e. The molecule has 3 N–H and O–H groups in total. The highest BCUT2D eigenvalue weighted by atomic mass is 16.2. The van der Waals surface area contributed by atoms with E-state index in [0.717, 1.165) is 12.8 Å². The molecule has 1 atom stereocenters. The third-order valence-corrected chi connectivity index (χ3v) is 3.10. The standard InChI is InChI=1S/C11H22N2O/c1-8(12)10(14)13-9-4-6-11(2,3)7-5-9/h8-9H,4-7,12H2,1-3H3,(H,13,14)/t8-/m1/s1. The van der Waals surface area contributed by atoms with Crippen LogP contribution in [-0.2, 0) is 4.79 Å². The topological polar surface area (TPSA) is 55.1 Å². The molecule has 0 aromatic heterocycles. The van der Waals surface area contributed by atoms with Gasteiger partial charge in [0.1, 0.15) is 0 Å². The number of hydrogen-bond acceptors (Lipinski definition) is 2. The Labute approximate surface area is 86.4 Å². The summed E-state index contributed by atoms with van der Waals surface area (Å²) in [6, 6.07) is -0.0357. The molecule has 0 aromatic carbocycles. The van der Waals surface area contributed by atoms with E-state index in [-0.39, 0.29) is 11.9 Å². The number of amides is 1. The van der Waals surface area contributed by atoms with Crippen LogP contribution in [0.4, 0.5) is 0 Å². The van der Waals surface area contributed by atoms with Crippen molar-refractivity contribution in [3.8, 4) is 0 Å². The first-order valence-electron chi connectivity index (χ1n) is 5.47. The van der Waals surface area contributed by atoms with Gasteiger partial charge in [0.2, 0.25) is 5.91 Å². The second-order valence-corrected chi connectivity index (χ2v) is 5.24. The molecule has 0 heterocycles. The Morgan fingerprint density at radius 3 is 2.36 bits per heavy atom. The maximum absolute atomic E-state index is 11.3. The predicted octanol–water partition coefficient (Wildman–Crippen LogP) is 1.42. The summed E-state index contributed by atoms with van der Waals surface area (Å²) in [5.41, 5.74) is 5.95. The first-order chi connectivity index (χ1) is 6.41. The average Bonchev–Trinajstić information content (AvgIpc) is 2.08. The van der Waals surface area contributed by atoms with Crippen molar-refractivity contribution in [1.29, 1.82) is 0 Å². The summed E-state index contributed by atoms with van der Waals surface area (Å²) in [7, 11) is 0. The van der Waals surface area contributed by atoms with Crippen LogP contribution in [0.15, 0.2) is 0 Å². The van der Waals surface area contributed by atoms with Crippen LogP contribution >= 0.6 is 0 Å². The zero-order valence-corrected chi connectivity index (χ0v) is 9.47. The monoisotopic (exact) mass is 198 g/mol. The molecule has 0 spiro atoms. The quantitative estimate of drug-likeness (QED) is 0.705. The summed E-state index contributed by atoms with van der Waals surface area (Å²) in [4.78, 5) is 11.3. The molecular formula is C11H22N2O. The molecular weight excluding hydrogens is 176 g/mol. The van der Waals surface area contributed by atoms with Crippen LogP contribution in [0.2, 0.25) is 0 Å². The summed E-state index contributed by atoms with van der Waals surface area (Å²) >= 11 is 0. The first kappa shape index (κ1) is 11.5. The second-order valence-electron chi connectivity index (χ2n) is 5.24. The number of rotatable bonds is 2. The smallest absolute Gasteiger partial charge is 0.236 e. The Morgan fingerprint density at radius 2 is 1.93 bits per heavy atom. The van der Waals surface area contributed by atoms with Crippen LogP contribution in [0.5, 0.6) is 0 Å². The van der Waals surface area contributed by atoms with Gasteiger partial charge in [0.05, 0.1) is 6.04 Å². The molecule has 1 aliphatic rings. The van der Waals surface area contributed by atoms with E-state index in [1.54, 1.807) is 6.92 Å². The number of hydrogen-bond donors (Lipinski definition) is 2. The molecule has 0 saturated heterocycles. The predicted molar refractivity (Wildman–Crippen MR) is 57.8 cm³/mol. The fourth-order valence-electron chi connectivity index (χ4n) is 1.88. The van der Waals surface area contributed by atoms with E-state index in [2.05, 4.69) is 19.2 Å². The van der Waals surface area contributed by atoms with Crippen molar-refractivity contribution in [2.45, 2.75) is 58.5 Å². The van der Waals surface area contributed by atoms with Crippen molar-refractivity contribution in [3.63, 3.8) is 0 Å². The molecule has 82 valence electrons. The van der Waals surface area contributed by atoms with Crippen LogP contribution in [0.25, 0.3) is 0 Å². The van der Waals surface area contributed by atoms with Gasteiger partial charge in [-0.25, -0.2) is 0 Å². The van der Waals surface area contributed by atoms with Crippen LogP contribution in [0, 0.1) is 5.41 Å². The highest BCUT2D eigenvalue weighted by Crippen LogP contribution is 2.34. The van der Waals surface area contributed by atoms with Crippen molar-refractivity contribution < 1.29 is 4.79 Å². The summed E-state index contributed by atoms with van der Waals surface area (Å²) in [5, 5.41) is 2.99. The van der Waals surface area contributed by atoms with E-state index in [1.807, 2.05) is 0 Å². The minimum Gasteiger partial charge on any atom is -0.352 e. The molecule has 1 rings (SSSR count). The Bertz CT molecular complexity index is 201. The van der Waals surface area contributed by atoms with Crippen LogP contribution < -0.4 is 11.1 Å².